The molecule has 0 N–H and O–H groups in total. The molecule has 0 amide bonds. The number of fused-ring (bicyclic) bond motifs is 3. The molecule has 0 atom stereocenters. The van der Waals surface area contributed by atoms with Crippen LogP contribution in [-0.4, -0.2) is 3.21 Å². The molecule has 2 aliphatic rings. The molecule has 0 bridgehead atoms. The minimum absolute atomic E-state index is 0.0143. The fraction of sp³-hybridized carbons (Fsp3) is 0.326. The summed E-state index contributed by atoms with van der Waals surface area (Å²) in [5.41, 5.74) is 15.4. The van der Waals surface area contributed by atoms with Crippen LogP contribution in [0.5, 0.6) is 0 Å². The summed E-state index contributed by atoms with van der Waals surface area (Å²) >= 11 is 23.2. The summed E-state index contributed by atoms with van der Waals surface area (Å²) in [6.45, 7) is 14.0. The van der Waals surface area contributed by atoms with E-state index in [0.717, 1.165) is 35.1 Å². The standard InChI is InChI=1S/C21H25.C17H14Cl4.C5H5.Zr/c1-20(2,3)16-9-7-14-11-15-8-10-17(21(4,5)6)13-19(15)18(14)12-16;18-8-14-2-12(3-15(6-14)9-19)1-13-4-16(10-20)7-17(5-13)11-21;1-2-4-5-3-1;/h7,9-10,12-13H,11H2,1-6H3;2-7H,8-11H2;1-3H,4H2;. The van der Waals surface area contributed by atoms with Crippen molar-refractivity contribution in [2.45, 2.75) is 88.7 Å². The summed E-state index contributed by atoms with van der Waals surface area (Å²) in [4.78, 5) is 0. The predicted octanol–water partition coefficient (Wildman–Crippen LogP) is 12.2. The molecule has 0 nitrogen and oxygen atoms in total. The van der Waals surface area contributed by atoms with Gasteiger partial charge in [0.25, 0.3) is 0 Å². The number of allylic oxidation sites excluding steroid dienone is 4. The summed E-state index contributed by atoms with van der Waals surface area (Å²) in [5, 5.41) is 0. The third kappa shape index (κ3) is 7.34. The van der Waals surface area contributed by atoms with Crippen molar-refractivity contribution in [3.8, 4) is 11.1 Å². The maximum absolute atomic E-state index is 6.55. The molecule has 4 aromatic rings. The van der Waals surface area contributed by atoms with Crippen LogP contribution in [0, 0.1) is 0 Å². The van der Waals surface area contributed by atoms with Gasteiger partial charge in [-0.05, 0) is 0 Å². The van der Waals surface area contributed by atoms with Gasteiger partial charge < -0.3 is 0 Å². The van der Waals surface area contributed by atoms with Crippen molar-refractivity contribution in [3.05, 3.63) is 144 Å². The van der Waals surface area contributed by atoms with Gasteiger partial charge in [0.1, 0.15) is 0 Å². The Morgan fingerprint density at radius 2 is 1.15 bits per heavy atom. The molecule has 2 aliphatic carbocycles. The number of alkyl halides is 4. The Balaban J connectivity index is 1.78. The summed E-state index contributed by atoms with van der Waals surface area (Å²) in [5.74, 6) is 1.73. The summed E-state index contributed by atoms with van der Waals surface area (Å²) in [7, 11) is 0. The Bertz CT molecular complexity index is 1880. The average Bonchev–Trinajstić information content (AvgIpc) is 3.73. The van der Waals surface area contributed by atoms with Gasteiger partial charge in [-0.3, -0.25) is 0 Å². The first kappa shape index (κ1) is 36.1. The summed E-state index contributed by atoms with van der Waals surface area (Å²) in [6.07, 6.45) is 8.92. The second-order valence-electron chi connectivity index (χ2n) is 15.3. The van der Waals surface area contributed by atoms with E-state index in [-0.39, 0.29) is 10.8 Å². The first-order chi connectivity index (χ1) is 22.8. The van der Waals surface area contributed by atoms with Crippen LogP contribution in [0.1, 0.15) is 104 Å². The molecule has 248 valence electrons. The fourth-order valence-electron chi connectivity index (χ4n) is 7.08. The Labute approximate surface area is 315 Å². The van der Waals surface area contributed by atoms with E-state index >= 15 is 0 Å². The van der Waals surface area contributed by atoms with E-state index in [4.69, 9.17) is 46.4 Å². The Morgan fingerprint density at radius 1 is 0.625 bits per heavy atom. The Morgan fingerprint density at radius 3 is 1.60 bits per heavy atom. The van der Waals surface area contributed by atoms with Gasteiger partial charge in [-0.15, -0.1) is 0 Å². The molecule has 0 radical (unpaired) electrons. The third-order valence-electron chi connectivity index (χ3n) is 9.66. The summed E-state index contributed by atoms with van der Waals surface area (Å²) < 4.78 is 4.56. The summed E-state index contributed by atoms with van der Waals surface area (Å²) in [6, 6.07) is 25.8. The first-order valence-corrected chi connectivity index (χ1v) is 22.6. The number of benzene rings is 4. The van der Waals surface area contributed by atoms with Crippen LogP contribution in [0.25, 0.3) is 11.1 Å². The number of halogens is 4. The molecule has 0 fully saturated rings. The molecular formula is C43H44Cl4Zr. The van der Waals surface area contributed by atoms with Gasteiger partial charge in [-0.25, -0.2) is 0 Å². The van der Waals surface area contributed by atoms with Crippen molar-refractivity contribution in [1.29, 1.82) is 0 Å². The molecular weight excluding hydrogens is 750 g/mol. The van der Waals surface area contributed by atoms with Crippen LogP contribution in [-0.2, 0) is 62.0 Å². The zero-order valence-corrected chi connectivity index (χ0v) is 34.3. The Kier molecular flexibility index (Phi) is 10.9. The number of hydrogen-bond acceptors (Lipinski definition) is 0. The molecule has 5 heteroatoms. The maximum atomic E-state index is 6.55. The molecule has 0 spiro atoms. The minimum atomic E-state index is -2.99. The molecule has 4 aromatic carbocycles. The average molecular weight is 794 g/mol. The zero-order valence-electron chi connectivity index (χ0n) is 28.8. The van der Waals surface area contributed by atoms with Crippen LogP contribution in [0.4, 0.5) is 0 Å². The second kappa shape index (κ2) is 14.5. The molecule has 0 saturated carbocycles. The molecule has 6 rings (SSSR count). The fourth-order valence-corrected chi connectivity index (χ4v) is 15.6. The van der Waals surface area contributed by atoms with Crippen molar-refractivity contribution in [2.24, 2.45) is 0 Å². The zero-order chi connectivity index (χ0) is 34.4. The SMILES string of the molecule is CC(C)(C)c1ccc2c(c1)-c1cc(C(C)(C)C)c[c]([Zr]([C]3=CC=CC3)=[C](c3cc(CCl)cc(CCl)c3)c3cc(CCl)cc(CCl)c3)c1C2. The van der Waals surface area contributed by atoms with Crippen molar-refractivity contribution in [3.63, 3.8) is 0 Å². The first-order valence-electron chi connectivity index (χ1n) is 16.8. The van der Waals surface area contributed by atoms with E-state index < -0.39 is 21.3 Å². The number of hydrogen-bond donors (Lipinski definition) is 0. The normalized spacial score (nSPS) is 13.8. The van der Waals surface area contributed by atoms with Crippen molar-refractivity contribution >= 4 is 52.9 Å². The van der Waals surface area contributed by atoms with E-state index in [9.17, 15) is 0 Å². The van der Waals surface area contributed by atoms with Crippen LogP contribution in [0.15, 0.2) is 88.2 Å². The monoisotopic (exact) mass is 790 g/mol. The van der Waals surface area contributed by atoms with Gasteiger partial charge in [0.15, 0.2) is 0 Å². The van der Waals surface area contributed by atoms with E-state index in [2.05, 4.69) is 127 Å². The quantitative estimate of drug-likeness (QED) is 0.137. The van der Waals surface area contributed by atoms with Crippen LogP contribution in [0.2, 0.25) is 0 Å². The van der Waals surface area contributed by atoms with Crippen molar-refractivity contribution in [1.82, 2.24) is 0 Å². The molecule has 0 unspecified atom stereocenters. The molecule has 0 heterocycles. The van der Waals surface area contributed by atoms with Gasteiger partial charge in [0.05, 0.1) is 0 Å². The van der Waals surface area contributed by atoms with Crippen LogP contribution >= 0.6 is 46.4 Å². The van der Waals surface area contributed by atoms with Crippen LogP contribution < -0.4 is 3.27 Å². The van der Waals surface area contributed by atoms with Gasteiger partial charge in [0.2, 0.25) is 0 Å². The molecule has 48 heavy (non-hydrogen) atoms. The van der Waals surface area contributed by atoms with Crippen molar-refractivity contribution < 1.29 is 21.3 Å². The van der Waals surface area contributed by atoms with E-state index in [1.165, 1.54) is 47.7 Å². The molecule has 0 aromatic heterocycles. The van der Waals surface area contributed by atoms with Crippen LogP contribution in [0.3, 0.4) is 0 Å². The second-order valence-corrected chi connectivity index (χ2v) is 22.3. The Hall–Kier alpha value is -1.73. The van der Waals surface area contributed by atoms with Gasteiger partial charge in [-0.2, -0.15) is 0 Å². The van der Waals surface area contributed by atoms with E-state index in [1.54, 1.807) is 6.55 Å². The van der Waals surface area contributed by atoms with E-state index in [1.807, 2.05) is 0 Å². The third-order valence-corrected chi connectivity index (χ3v) is 18.5. The predicted molar refractivity (Wildman–Crippen MR) is 208 cm³/mol. The molecule has 0 saturated heterocycles. The molecule has 0 aliphatic heterocycles. The topological polar surface area (TPSA) is 0 Å². The number of rotatable bonds is 8. The van der Waals surface area contributed by atoms with Crippen molar-refractivity contribution in [2.75, 3.05) is 0 Å². The van der Waals surface area contributed by atoms with Gasteiger partial charge in [-0.1, -0.05) is 0 Å². The van der Waals surface area contributed by atoms with E-state index in [0.29, 0.717) is 23.5 Å². The van der Waals surface area contributed by atoms with Gasteiger partial charge >= 0.3 is 318 Å². The van der Waals surface area contributed by atoms with Gasteiger partial charge in [0, 0.05) is 0 Å².